The number of nitrogens with one attached hydrogen (secondary N) is 3. The lowest BCUT2D eigenvalue weighted by molar-refractivity contribution is -0.141. The number of carbonyl (C=O) groups is 6. The molecule has 304 valence electrons. The summed E-state index contributed by atoms with van der Waals surface area (Å²) < 4.78 is 39.1. The van der Waals surface area contributed by atoms with Gasteiger partial charge in [0, 0.05) is 31.8 Å². The van der Waals surface area contributed by atoms with Gasteiger partial charge in [-0.2, -0.15) is 0 Å². The van der Waals surface area contributed by atoms with Gasteiger partial charge in [0.05, 0.1) is 18.4 Å². The number of carbonyl (C=O) groups excluding carboxylic acids is 6. The van der Waals surface area contributed by atoms with E-state index in [1.54, 1.807) is 18.7 Å². The Hall–Kier alpha value is -4.73. The number of sulfonamides is 1. The second kappa shape index (κ2) is 16.0. The van der Waals surface area contributed by atoms with E-state index >= 15 is 0 Å². The average molecular weight is 796 g/mol. The van der Waals surface area contributed by atoms with Crippen LogP contribution >= 0.6 is 0 Å². The first-order chi connectivity index (χ1) is 26.4. The molecule has 5 amide bonds. The van der Waals surface area contributed by atoms with Gasteiger partial charge in [0.2, 0.25) is 21.8 Å². The molecule has 2 aliphatic carbocycles. The molecule has 4 bridgehead atoms. The predicted octanol–water partition coefficient (Wildman–Crippen LogP) is 3.55. The van der Waals surface area contributed by atoms with Gasteiger partial charge >= 0.3 is 12.2 Å². The Morgan fingerprint density at radius 3 is 2.48 bits per heavy atom. The summed E-state index contributed by atoms with van der Waals surface area (Å²) >= 11 is 0. The molecule has 2 saturated carbocycles. The van der Waals surface area contributed by atoms with Crippen molar-refractivity contribution in [3.05, 3.63) is 59.2 Å². The smallest absolute Gasteiger partial charge is 0.410 e. The monoisotopic (exact) mass is 795 g/mol. The lowest BCUT2D eigenvalue weighted by Gasteiger charge is -2.30. The molecular formula is C40H53N5O10S. The summed E-state index contributed by atoms with van der Waals surface area (Å²) in [5, 5.41) is 4.58. The van der Waals surface area contributed by atoms with Gasteiger partial charge in [-0.3, -0.25) is 28.8 Å². The van der Waals surface area contributed by atoms with E-state index in [-0.39, 0.29) is 26.0 Å². The van der Waals surface area contributed by atoms with Crippen LogP contribution in [0.2, 0.25) is 0 Å². The second-order valence-corrected chi connectivity index (χ2v) is 18.8. The van der Waals surface area contributed by atoms with Crippen LogP contribution in [0.1, 0.15) is 95.8 Å². The molecule has 15 nitrogen and oxygen atoms in total. The molecule has 3 N–H and O–H groups in total. The molecule has 3 heterocycles. The van der Waals surface area contributed by atoms with Gasteiger partial charge in [-0.05, 0) is 80.6 Å². The Bertz CT molecular complexity index is 1940. The number of hydrogen-bond acceptors (Lipinski definition) is 10. The topological polar surface area (TPSA) is 198 Å². The number of rotatable bonds is 9. The zero-order valence-electron chi connectivity index (χ0n) is 32.6. The van der Waals surface area contributed by atoms with Crippen LogP contribution in [0, 0.1) is 11.3 Å². The standard InChI is InChI=1S/C40H53N5O10S/c1-6-27-19-40(27,36(49)43-56(52,53)30-13-14-30)42-34(47)33-18-29-21-45(33)35(48)32(17-28(46)16-24(2)3)41-37(50)54-23-39(4,5)15-8-7-10-25-11-9-12-26-20-44(22-31(25)26)38(51)55-29/h6,9,11-12,16,27,29-30,32-33H,1,7-8,10,13-15,17-23H2,2-5H3,(H,41,50)(H,42,47)(H,43,49). The average Bonchev–Trinajstić information content (AvgIpc) is 4.02. The van der Waals surface area contributed by atoms with Crippen molar-refractivity contribution in [3.63, 3.8) is 0 Å². The molecule has 1 aromatic rings. The van der Waals surface area contributed by atoms with Crippen LogP contribution in [-0.2, 0) is 58.2 Å². The molecule has 3 aliphatic heterocycles. The number of nitrogens with zero attached hydrogens (tertiary/aromatic N) is 2. The second-order valence-electron chi connectivity index (χ2n) is 16.9. The summed E-state index contributed by atoms with van der Waals surface area (Å²) in [6, 6.07) is 3.23. The zero-order chi connectivity index (χ0) is 40.6. The van der Waals surface area contributed by atoms with Gasteiger partial charge < -0.3 is 25.0 Å². The van der Waals surface area contributed by atoms with E-state index in [0.29, 0.717) is 31.5 Å². The highest BCUT2D eigenvalue weighted by Gasteiger charge is 2.62. The highest BCUT2D eigenvalue weighted by atomic mass is 32.2. The van der Waals surface area contributed by atoms with Gasteiger partial charge in [0.15, 0.2) is 5.78 Å². The zero-order valence-corrected chi connectivity index (χ0v) is 33.4. The van der Waals surface area contributed by atoms with Crippen molar-refractivity contribution in [2.24, 2.45) is 11.3 Å². The highest BCUT2D eigenvalue weighted by Crippen LogP contribution is 2.45. The van der Waals surface area contributed by atoms with E-state index in [1.807, 2.05) is 26.0 Å². The molecule has 56 heavy (non-hydrogen) atoms. The molecule has 5 atom stereocenters. The molecule has 0 aromatic heterocycles. The van der Waals surface area contributed by atoms with Crippen LogP contribution < -0.4 is 15.4 Å². The van der Waals surface area contributed by atoms with Crippen molar-refractivity contribution < 1.29 is 46.7 Å². The molecule has 0 spiro atoms. The molecule has 5 unspecified atom stereocenters. The summed E-state index contributed by atoms with van der Waals surface area (Å²) in [5.74, 6) is -3.54. The minimum absolute atomic E-state index is 0.0508. The summed E-state index contributed by atoms with van der Waals surface area (Å²) in [6.45, 7) is 11.6. The lowest BCUT2D eigenvalue weighted by atomic mass is 9.87. The Labute approximate surface area is 328 Å². The normalized spacial score (nSPS) is 27.9. The maximum Gasteiger partial charge on any atom is 0.410 e. The van der Waals surface area contributed by atoms with Crippen LogP contribution in [0.3, 0.4) is 0 Å². The van der Waals surface area contributed by atoms with Crippen molar-refractivity contribution in [2.75, 3.05) is 13.2 Å². The van der Waals surface area contributed by atoms with Crippen LogP contribution in [0.15, 0.2) is 42.5 Å². The summed E-state index contributed by atoms with van der Waals surface area (Å²) in [4.78, 5) is 85.0. The number of cyclic esters (lactones) is 1. The quantitative estimate of drug-likeness (QED) is 0.246. The molecule has 16 heteroatoms. The number of hydrogen-bond donors (Lipinski definition) is 3. The first kappa shape index (κ1) is 40.9. The third kappa shape index (κ3) is 9.27. The number of fused-ring (bicyclic) bond motifs is 3. The highest BCUT2D eigenvalue weighted by molar-refractivity contribution is 7.91. The van der Waals surface area contributed by atoms with Crippen LogP contribution in [0.5, 0.6) is 0 Å². The largest absolute Gasteiger partial charge is 0.449 e. The summed E-state index contributed by atoms with van der Waals surface area (Å²) in [6.07, 6.45) is 3.88. The molecule has 3 fully saturated rings. The molecular weight excluding hydrogens is 743 g/mol. The fraction of sp³-hybridized carbons (Fsp3) is 0.600. The number of aryl methyl sites for hydroxylation is 1. The van der Waals surface area contributed by atoms with Crippen LogP contribution in [-0.4, -0.2) is 96.0 Å². The first-order valence-electron chi connectivity index (χ1n) is 19.4. The third-order valence-electron chi connectivity index (χ3n) is 11.3. The van der Waals surface area contributed by atoms with Crippen LogP contribution in [0.4, 0.5) is 9.59 Å². The Morgan fingerprint density at radius 2 is 1.80 bits per heavy atom. The van der Waals surface area contributed by atoms with Crippen molar-refractivity contribution >= 4 is 45.7 Å². The first-order valence-corrected chi connectivity index (χ1v) is 20.9. The number of allylic oxidation sites excluding steroid dienone is 2. The van der Waals surface area contributed by atoms with E-state index < -0.39 is 92.4 Å². The van der Waals surface area contributed by atoms with Crippen molar-refractivity contribution in [1.29, 1.82) is 0 Å². The number of alkyl carbamates (subject to hydrolysis) is 1. The maximum atomic E-state index is 14.5. The third-order valence-corrected chi connectivity index (χ3v) is 13.1. The summed E-state index contributed by atoms with van der Waals surface area (Å²) in [5.41, 5.74) is 1.86. The van der Waals surface area contributed by atoms with Gasteiger partial charge in [-0.25, -0.2) is 18.0 Å². The molecule has 1 saturated heterocycles. The maximum absolute atomic E-state index is 14.5. The van der Waals surface area contributed by atoms with E-state index in [2.05, 4.69) is 28.0 Å². The Morgan fingerprint density at radius 1 is 1.07 bits per heavy atom. The molecule has 1 aromatic carbocycles. The Balaban J connectivity index is 1.30. The molecule has 0 radical (unpaired) electrons. The van der Waals surface area contributed by atoms with Crippen molar-refractivity contribution in [2.45, 2.75) is 128 Å². The van der Waals surface area contributed by atoms with Crippen molar-refractivity contribution in [1.82, 2.24) is 25.2 Å². The van der Waals surface area contributed by atoms with E-state index in [1.165, 1.54) is 12.2 Å². The van der Waals surface area contributed by atoms with Crippen molar-refractivity contribution in [3.8, 4) is 0 Å². The minimum atomic E-state index is -3.95. The fourth-order valence-corrected chi connectivity index (χ4v) is 9.25. The van der Waals surface area contributed by atoms with Crippen LogP contribution in [0.25, 0.3) is 0 Å². The number of benzene rings is 1. The fourth-order valence-electron chi connectivity index (χ4n) is 7.88. The lowest BCUT2D eigenvalue weighted by Crippen LogP contribution is -2.58. The predicted molar refractivity (Wildman–Crippen MR) is 204 cm³/mol. The molecule has 5 aliphatic rings. The SMILES string of the molecule is C=CC1CC1(NC(=O)C1CC2CN1C(=O)C(CC(=O)C=C(C)C)NC(=O)OCC(C)(C)CCCCc1cccc3c1CN(C3)C(=O)O2)C(=O)NS(=O)(=O)C1CC1. The van der Waals surface area contributed by atoms with Gasteiger partial charge in [-0.1, -0.05) is 50.1 Å². The van der Waals surface area contributed by atoms with E-state index in [9.17, 15) is 37.2 Å². The minimum Gasteiger partial charge on any atom is -0.449 e. The van der Waals surface area contributed by atoms with E-state index in [0.717, 1.165) is 47.3 Å². The Kier molecular flexibility index (Phi) is 11.7. The number of ether oxygens (including phenoxy) is 2. The molecule has 6 rings (SSSR count). The van der Waals surface area contributed by atoms with Gasteiger partial charge in [0.1, 0.15) is 23.7 Å². The number of amides is 5. The number of ketones is 1. The summed E-state index contributed by atoms with van der Waals surface area (Å²) in [7, 11) is -3.95. The van der Waals surface area contributed by atoms with Gasteiger partial charge in [-0.15, -0.1) is 6.58 Å². The van der Waals surface area contributed by atoms with Gasteiger partial charge in [0.25, 0.3) is 5.91 Å². The van der Waals surface area contributed by atoms with E-state index in [4.69, 9.17) is 9.47 Å².